The van der Waals surface area contributed by atoms with Gasteiger partial charge in [-0.1, -0.05) is 11.3 Å². The molecule has 21 heavy (non-hydrogen) atoms. The van der Waals surface area contributed by atoms with Gasteiger partial charge in [0.05, 0.1) is 12.0 Å². The summed E-state index contributed by atoms with van der Waals surface area (Å²) in [6, 6.07) is 10.3. The van der Waals surface area contributed by atoms with Crippen molar-refractivity contribution in [3.05, 3.63) is 51.4 Å². The van der Waals surface area contributed by atoms with Gasteiger partial charge in [0, 0.05) is 28.9 Å². The molecule has 1 aromatic heterocycles. The van der Waals surface area contributed by atoms with E-state index in [4.69, 9.17) is 0 Å². The second-order valence-corrected chi connectivity index (χ2v) is 5.19. The highest BCUT2D eigenvalue weighted by Crippen LogP contribution is 2.24. The summed E-state index contributed by atoms with van der Waals surface area (Å²) in [7, 11) is 1.30. The number of thiophene rings is 1. The highest BCUT2D eigenvalue weighted by atomic mass is 32.1. The van der Waals surface area contributed by atoms with E-state index in [2.05, 4.69) is 15.4 Å². The minimum absolute atomic E-state index is 0.129. The zero-order chi connectivity index (χ0) is 15.2. The third-order valence-electron chi connectivity index (χ3n) is 2.61. The average molecular weight is 307 g/mol. The van der Waals surface area contributed by atoms with Gasteiger partial charge < -0.3 is 10.1 Å². The first-order chi connectivity index (χ1) is 10.1. The molecule has 0 radical (unpaired) electrons. The van der Waals surface area contributed by atoms with Crippen LogP contribution in [0.3, 0.4) is 0 Å². The van der Waals surface area contributed by atoms with Gasteiger partial charge in [-0.15, -0.1) is 0 Å². The van der Waals surface area contributed by atoms with Gasteiger partial charge in [-0.05, 0) is 30.3 Å². The number of ether oxygens (including phenoxy) is 1. The third kappa shape index (κ3) is 4.18. The molecule has 1 heterocycles. The zero-order valence-electron chi connectivity index (χ0n) is 11.2. The van der Waals surface area contributed by atoms with Gasteiger partial charge in [0.2, 0.25) is 0 Å². The number of methoxy groups -OCH3 is 1. The summed E-state index contributed by atoms with van der Waals surface area (Å²) >= 11 is 1.14. The lowest BCUT2D eigenvalue weighted by Crippen LogP contribution is -2.10. The van der Waals surface area contributed by atoms with Crippen molar-refractivity contribution < 1.29 is 14.5 Å². The fourth-order valence-electron chi connectivity index (χ4n) is 1.59. The van der Waals surface area contributed by atoms with Crippen LogP contribution < -0.4 is 10.6 Å². The van der Waals surface area contributed by atoms with Crippen molar-refractivity contribution in [1.29, 1.82) is 0 Å². The van der Waals surface area contributed by atoms with Crippen LogP contribution >= 0.6 is 11.3 Å². The second-order valence-electron chi connectivity index (χ2n) is 4.04. The summed E-state index contributed by atoms with van der Waals surface area (Å²) in [5.41, 5.74) is 1.47. The van der Waals surface area contributed by atoms with Gasteiger partial charge in [0.15, 0.2) is 0 Å². The Labute approximate surface area is 124 Å². The number of carbonyl (C=O) groups excluding carboxylic acids is 1. The number of benzene rings is 1. The molecule has 7 nitrogen and oxygen atoms in total. The molecule has 0 fully saturated rings. The molecule has 2 aromatic rings. The molecule has 0 saturated carbocycles. The molecule has 0 atom stereocenters. The largest absolute Gasteiger partial charge is 0.453 e. The van der Waals surface area contributed by atoms with Gasteiger partial charge in [-0.2, -0.15) is 0 Å². The Bertz CT molecular complexity index is 639. The van der Waals surface area contributed by atoms with Gasteiger partial charge in [-0.3, -0.25) is 15.4 Å². The van der Waals surface area contributed by atoms with Crippen LogP contribution in [0.15, 0.2) is 36.4 Å². The number of carbonyl (C=O) groups is 1. The molecule has 2 N–H and O–H groups in total. The molecule has 0 aliphatic rings. The molecular weight excluding hydrogens is 294 g/mol. The number of amides is 1. The third-order valence-corrected chi connectivity index (χ3v) is 3.65. The van der Waals surface area contributed by atoms with Crippen LogP contribution in [0, 0.1) is 10.1 Å². The smallest absolute Gasteiger partial charge is 0.411 e. The van der Waals surface area contributed by atoms with Crippen LogP contribution in [0.5, 0.6) is 0 Å². The topological polar surface area (TPSA) is 93.5 Å². The minimum Gasteiger partial charge on any atom is -0.453 e. The van der Waals surface area contributed by atoms with Crippen molar-refractivity contribution in [1.82, 2.24) is 0 Å². The van der Waals surface area contributed by atoms with Crippen LogP contribution in [-0.2, 0) is 11.3 Å². The molecule has 0 unspecified atom stereocenters. The van der Waals surface area contributed by atoms with E-state index in [1.54, 1.807) is 30.3 Å². The molecule has 8 heteroatoms. The zero-order valence-corrected chi connectivity index (χ0v) is 12.0. The van der Waals surface area contributed by atoms with Gasteiger partial charge >= 0.3 is 11.1 Å². The van der Waals surface area contributed by atoms with Crippen molar-refractivity contribution in [3.63, 3.8) is 0 Å². The van der Waals surface area contributed by atoms with Gasteiger partial charge in [-0.25, -0.2) is 4.79 Å². The fourth-order valence-corrected chi connectivity index (χ4v) is 2.35. The summed E-state index contributed by atoms with van der Waals surface area (Å²) in [5.74, 6) is 0. The van der Waals surface area contributed by atoms with Crippen LogP contribution in [0.4, 0.5) is 21.2 Å². The van der Waals surface area contributed by atoms with E-state index in [0.29, 0.717) is 12.2 Å². The summed E-state index contributed by atoms with van der Waals surface area (Å²) in [6.45, 7) is 0.502. The average Bonchev–Trinajstić information content (AvgIpc) is 2.95. The van der Waals surface area contributed by atoms with E-state index in [1.165, 1.54) is 13.2 Å². The Morgan fingerprint density at radius 1 is 1.24 bits per heavy atom. The SMILES string of the molecule is COC(=O)Nc1ccc(NCc2ccc([N+](=O)[O-])s2)cc1. The predicted octanol–water partition coefficient (Wildman–Crippen LogP) is 3.45. The first-order valence-corrected chi connectivity index (χ1v) is 6.82. The standard InChI is InChI=1S/C13H13N3O4S/c1-20-13(17)15-10-4-2-9(3-5-10)14-8-11-6-7-12(21-11)16(18)19/h2-7,14H,8H2,1H3,(H,15,17). The number of nitro groups is 1. The number of nitrogens with zero attached hydrogens (tertiary/aromatic N) is 1. The molecule has 2 rings (SSSR count). The lowest BCUT2D eigenvalue weighted by Gasteiger charge is -2.07. The van der Waals surface area contributed by atoms with Gasteiger partial charge in [0.1, 0.15) is 0 Å². The van der Waals surface area contributed by atoms with Crippen molar-refractivity contribution in [2.75, 3.05) is 17.7 Å². The van der Waals surface area contributed by atoms with Crippen molar-refractivity contribution in [2.45, 2.75) is 6.54 Å². The van der Waals surface area contributed by atoms with Crippen molar-refractivity contribution in [2.24, 2.45) is 0 Å². The molecule has 110 valence electrons. The number of anilines is 2. The van der Waals surface area contributed by atoms with E-state index < -0.39 is 11.0 Å². The molecule has 0 aliphatic heterocycles. The number of hydrogen-bond acceptors (Lipinski definition) is 6. The Kier molecular flexibility index (Phi) is 4.72. The molecule has 0 saturated heterocycles. The quantitative estimate of drug-likeness (QED) is 0.652. The summed E-state index contributed by atoms with van der Waals surface area (Å²) in [6.07, 6.45) is -0.526. The first kappa shape index (κ1) is 14.8. The Morgan fingerprint density at radius 2 is 1.90 bits per heavy atom. The normalized spacial score (nSPS) is 9.95. The van der Waals surface area contributed by atoms with E-state index in [-0.39, 0.29) is 5.00 Å². The van der Waals surface area contributed by atoms with E-state index in [0.717, 1.165) is 21.9 Å². The Hall–Kier alpha value is -2.61. The fraction of sp³-hybridized carbons (Fsp3) is 0.154. The molecule has 0 spiro atoms. The van der Waals surface area contributed by atoms with Gasteiger partial charge in [0.25, 0.3) is 0 Å². The number of nitrogens with one attached hydrogen (secondary N) is 2. The van der Waals surface area contributed by atoms with Crippen LogP contribution in [0.1, 0.15) is 4.88 Å². The highest BCUT2D eigenvalue weighted by Gasteiger charge is 2.09. The minimum atomic E-state index is -0.526. The summed E-state index contributed by atoms with van der Waals surface area (Å²) < 4.78 is 4.49. The van der Waals surface area contributed by atoms with E-state index >= 15 is 0 Å². The Morgan fingerprint density at radius 3 is 2.48 bits per heavy atom. The molecule has 1 aromatic carbocycles. The molecular formula is C13H13N3O4S. The molecule has 0 bridgehead atoms. The van der Waals surface area contributed by atoms with Crippen molar-refractivity contribution >= 4 is 33.8 Å². The lowest BCUT2D eigenvalue weighted by molar-refractivity contribution is -0.380. The van der Waals surface area contributed by atoms with Crippen LogP contribution in [0.25, 0.3) is 0 Å². The van der Waals surface area contributed by atoms with Crippen molar-refractivity contribution in [3.8, 4) is 0 Å². The number of rotatable bonds is 5. The maximum atomic E-state index is 11.0. The second kappa shape index (κ2) is 6.71. The van der Waals surface area contributed by atoms with Crippen LogP contribution in [0.2, 0.25) is 0 Å². The molecule has 1 amide bonds. The summed E-state index contributed by atoms with van der Waals surface area (Å²) in [4.78, 5) is 22.1. The predicted molar refractivity (Wildman–Crippen MR) is 80.8 cm³/mol. The first-order valence-electron chi connectivity index (χ1n) is 6.00. The Balaban J connectivity index is 1.91. The highest BCUT2D eigenvalue weighted by molar-refractivity contribution is 7.15. The molecule has 0 aliphatic carbocycles. The monoisotopic (exact) mass is 307 g/mol. The maximum absolute atomic E-state index is 11.0. The number of hydrogen-bond donors (Lipinski definition) is 2. The van der Waals surface area contributed by atoms with E-state index in [9.17, 15) is 14.9 Å². The van der Waals surface area contributed by atoms with E-state index in [1.807, 2.05) is 0 Å². The van der Waals surface area contributed by atoms with Crippen LogP contribution in [-0.4, -0.2) is 18.1 Å². The maximum Gasteiger partial charge on any atom is 0.411 e. The summed E-state index contributed by atoms with van der Waals surface area (Å²) in [5, 5.41) is 16.4. The lowest BCUT2D eigenvalue weighted by atomic mass is 10.3.